The maximum Gasteiger partial charge on any atom is 0.249 e. The first-order valence-electron chi connectivity index (χ1n) is 25.2. The van der Waals surface area contributed by atoms with Crippen LogP contribution < -0.4 is 5.32 Å². The Bertz CT molecular complexity index is 863. The number of allylic oxidation sites excluding steroid dienone is 4. The molecule has 1 amide bonds. The molecule has 338 valence electrons. The highest BCUT2D eigenvalue weighted by molar-refractivity contribution is 5.80. The fraction of sp³-hybridized carbons (Fsp3) is 0.902. The van der Waals surface area contributed by atoms with Crippen LogP contribution in [0.2, 0.25) is 0 Å². The minimum absolute atomic E-state index is 0.363. The molecule has 0 heterocycles. The lowest BCUT2D eigenvalue weighted by atomic mass is 10.00. The Morgan fingerprint density at radius 1 is 0.421 bits per heavy atom. The first-order chi connectivity index (χ1) is 28.0. The molecule has 0 rings (SSSR count). The number of aliphatic hydroxyl groups excluding tert-OH is 4. The van der Waals surface area contributed by atoms with Crippen LogP contribution in [0.4, 0.5) is 0 Å². The van der Waals surface area contributed by atoms with Gasteiger partial charge in [-0.05, 0) is 51.4 Å². The number of rotatable bonds is 46. The normalized spacial score (nSPS) is 14.1. The second-order valence-corrected chi connectivity index (χ2v) is 17.5. The number of hydrogen-bond acceptors (Lipinski definition) is 5. The Labute approximate surface area is 354 Å². The molecule has 0 bridgehead atoms. The van der Waals surface area contributed by atoms with Gasteiger partial charge in [0.2, 0.25) is 5.91 Å². The fourth-order valence-corrected chi connectivity index (χ4v) is 7.89. The number of aliphatic hydroxyl groups is 4. The fourth-order valence-electron chi connectivity index (χ4n) is 7.89. The van der Waals surface area contributed by atoms with E-state index in [1.165, 1.54) is 193 Å². The van der Waals surface area contributed by atoms with Crippen LogP contribution in [0.3, 0.4) is 0 Å². The molecule has 0 aromatic heterocycles. The van der Waals surface area contributed by atoms with E-state index in [2.05, 4.69) is 43.5 Å². The van der Waals surface area contributed by atoms with Gasteiger partial charge in [-0.1, -0.05) is 237 Å². The predicted octanol–water partition coefficient (Wildman–Crippen LogP) is 13.9. The lowest BCUT2D eigenvalue weighted by Gasteiger charge is -2.27. The Morgan fingerprint density at radius 2 is 0.737 bits per heavy atom. The second-order valence-electron chi connectivity index (χ2n) is 17.5. The number of carbonyl (C=O) groups excluding carboxylic acids is 1. The molecule has 0 aromatic rings. The number of unbranched alkanes of at least 4 members (excludes halogenated alkanes) is 33. The van der Waals surface area contributed by atoms with Gasteiger partial charge < -0.3 is 25.7 Å². The molecule has 6 nitrogen and oxygen atoms in total. The van der Waals surface area contributed by atoms with E-state index in [9.17, 15) is 25.2 Å². The summed E-state index contributed by atoms with van der Waals surface area (Å²) in [6, 6.07) is -1.00. The third-order valence-corrected chi connectivity index (χ3v) is 11.9. The molecule has 0 aliphatic rings. The van der Waals surface area contributed by atoms with E-state index in [-0.39, 0.29) is 0 Å². The summed E-state index contributed by atoms with van der Waals surface area (Å²) in [5.74, 6) is -0.596. The summed E-state index contributed by atoms with van der Waals surface area (Å²) in [5, 5.41) is 43.7. The van der Waals surface area contributed by atoms with Crippen LogP contribution in [0.15, 0.2) is 24.3 Å². The van der Waals surface area contributed by atoms with Gasteiger partial charge in [0.15, 0.2) is 0 Å². The molecule has 0 spiro atoms. The zero-order valence-corrected chi connectivity index (χ0v) is 38.1. The molecule has 0 saturated heterocycles. The van der Waals surface area contributed by atoms with Gasteiger partial charge in [-0.15, -0.1) is 0 Å². The van der Waals surface area contributed by atoms with E-state index in [4.69, 9.17) is 0 Å². The van der Waals surface area contributed by atoms with E-state index >= 15 is 0 Å². The van der Waals surface area contributed by atoms with Gasteiger partial charge in [0, 0.05) is 0 Å². The number of amides is 1. The van der Waals surface area contributed by atoms with Crippen LogP contribution >= 0.6 is 0 Å². The summed E-state index contributed by atoms with van der Waals surface area (Å²) in [6.45, 7) is 4.04. The minimum Gasteiger partial charge on any atom is -0.394 e. The topological polar surface area (TPSA) is 110 Å². The van der Waals surface area contributed by atoms with Gasteiger partial charge in [0.1, 0.15) is 12.2 Å². The van der Waals surface area contributed by atoms with Crippen molar-refractivity contribution in [3.63, 3.8) is 0 Å². The molecule has 0 aromatic carbocycles. The van der Waals surface area contributed by atoms with Gasteiger partial charge in [-0.3, -0.25) is 4.79 Å². The molecule has 0 aliphatic carbocycles. The van der Waals surface area contributed by atoms with Crippen LogP contribution in [0.5, 0.6) is 0 Å². The van der Waals surface area contributed by atoms with Crippen molar-refractivity contribution in [1.82, 2.24) is 5.32 Å². The second kappa shape index (κ2) is 45.9. The predicted molar refractivity (Wildman–Crippen MR) is 247 cm³/mol. The van der Waals surface area contributed by atoms with Crippen molar-refractivity contribution in [3.05, 3.63) is 24.3 Å². The Balaban J connectivity index is 3.66. The maximum absolute atomic E-state index is 12.5. The van der Waals surface area contributed by atoms with Crippen LogP contribution in [-0.4, -0.2) is 57.3 Å². The van der Waals surface area contributed by atoms with Gasteiger partial charge in [-0.2, -0.15) is 0 Å². The van der Waals surface area contributed by atoms with Crippen molar-refractivity contribution in [2.45, 2.75) is 289 Å². The van der Waals surface area contributed by atoms with E-state index in [1.54, 1.807) is 0 Å². The highest BCUT2D eigenvalue weighted by Gasteiger charge is 2.28. The molecular weight excluding hydrogens is 707 g/mol. The molecule has 6 heteroatoms. The zero-order valence-electron chi connectivity index (χ0n) is 38.1. The molecule has 0 fully saturated rings. The first-order valence-corrected chi connectivity index (χ1v) is 25.2. The molecule has 0 radical (unpaired) electrons. The number of nitrogens with one attached hydrogen (secondary N) is 1. The van der Waals surface area contributed by atoms with Gasteiger partial charge in [-0.25, -0.2) is 0 Å². The summed E-state index contributed by atoms with van der Waals surface area (Å²) in [4.78, 5) is 12.5. The van der Waals surface area contributed by atoms with Crippen molar-refractivity contribution >= 4 is 5.91 Å². The standard InChI is InChI=1S/C51H99NO5/c1-3-5-7-9-11-13-15-17-18-19-20-21-22-23-24-25-26-27-28-29-30-31-32-33-35-36-38-40-42-44-48(54)50(56)47(46-53)52-51(57)49(55)45-43-41-39-37-34-16-14-12-10-8-6-4-2/h31-32,36,38,47-50,53-56H,3-30,33-35,37,39-46H2,1-2H3,(H,52,57)/b32-31+,38-36+. The molecule has 5 N–H and O–H groups in total. The van der Waals surface area contributed by atoms with Crippen molar-refractivity contribution in [1.29, 1.82) is 0 Å². The summed E-state index contributed by atoms with van der Waals surface area (Å²) >= 11 is 0. The van der Waals surface area contributed by atoms with Crippen molar-refractivity contribution in [2.75, 3.05) is 6.61 Å². The highest BCUT2D eigenvalue weighted by atomic mass is 16.3. The lowest BCUT2D eigenvalue weighted by molar-refractivity contribution is -0.132. The van der Waals surface area contributed by atoms with Crippen LogP contribution in [-0.2, 0) is 4.79 Å². The Kier molecular flexibility index (Phi) is 44.9. The largest absolute Gasteiger partial charge is 0.394 e. The van der Waals surface area contributed by atoms with Gasteiger partial charge in [0.25, 0.3) is 0 Å². The Hall–Kier alpha value is -1.21. The third kappa shape index (κ3) is 40.0. The van der Waals surface area contributed by atoms with Crippen molar-refractivity contribution < 1.29 is 25.2 Å². The summed E-state index contributed by atoms with van der Waals surface area (Å²) in [6.07, 6.45) is 53.9. The summed E-state index contributed by atoms with van der Waals surface area (Å²) in [5.41, 5.74) is 0. The van der Waals surface area contributed by atoms with Crippen molar-refractivity contribution in [2.24, 2.45) is 0 Å². The molecule has 4 unspecified atom stereocenters. The average Bonchev–Trinajstić information content (AvgIpc) is 3.22. The van der Waals surface area contributed by atoms with Crippen molar-refractivity contribution in [3.8, 4) is 0 Å². The number of carbonyl (C=O) groups is 1. The first kappa shape index (κ1) is 55.8. The molecule has 4 atom stereocenters. The van der Waals surface area contributed by atoms with E-state index in [0.717, 1.165) is 38.5 Å². The highest BCUT2D eigenvalue weighted by Crippen LogP contribution is 2.17. The lowest BCUT2D eigenvalue weighted by Crippen LogP contribution is -2.53. The van der Waals surface area contributed by atoms with E-state index in [0.29, 0.717) is 19.3 Å². The van der Waals surface area contributed by atoms with E-state index < -0.39 is 36.9 Å². The number of hydrogen-bond donors (Lipinski definition) is 5. The van der Waals surface area contributed by atoms with Gasteiger partial charge >= 0.3 is 0 Å². The van der Waals surface area contributed by atoms with Crippen LogP contribution in [0.25, 0.3) is 0 Å². The van der Waals surface area contributed by atoms with E-state index in [1.807, 2.05) is 0 Å². The summed E-state index contributed by atoms with van der Waals surface area (Å²) in [7, 11) is 0. The van der Waals surface area contributed by atoms with Gasteiger partial charge in [0.05, 0.1) is 18.8 Å². The smallest absolute Gasteiger partial charge is 0.249 e. The SMILES string of the molecule is CCCCCCCCCCCCCCCCCCCCCC/C=C/CC/C=C/CCCC(O)C(O)C(CO)NC(=O)C(O)CCCCCCCCCCCCCC. The molecule has 0 aliphatic heterocycles. The minimum atomic E-state index is -1.29. The molecular formula is C51H99NO5. The summed E-state index contributed by atoms with van der Waals surface area (Å²) < 4.78 is 0. The molecule has 57 heavy (non-hydrogen) atoms. The van der Waals surface area contributed by atoms with Crippen LogP contribution in [0, 0.1) is 0 Å². The zero-order chi connectivity index (χ0) is 41.7. The quantitative estimate of drug-likeness (QED) is 0.0311. The molecule has 0 saturated carbocycles. The van der Waals surface area contributed by atoms with Crippen LogP contribution in [0.1, 0.15) is 264 Å². The third-order valence-electron chi connectivity index (χ3n) is 11.9. The maximum atomic E-state index is 12.5. The monoisotopic (exact) mass is 806 g/mol. The Morgan fingerprint density at radius 3 is 1.11 bits per heavy atom. The average molecular weight is 806 g/mol.